The van der Waals surface area contributed by atoms with E-state index < -0.39 is 16.1 Å². The van der Waals surface area contributed by atoms with Gasteiger partial charge < -0.3 is 4.74 Å². The van der Waals surface area contributed by atoms with Gasteiger partial charge in [0.05, 0.1) is 12.8 Å². The van der Waals surface area contributed by atoms with Crippen LogP contribution in [0.2, 0.25) is 0 Å². The zero-order valence-corrected chi connectivity index (χ0v) is 16.5. The van der Waals surface area contributed by atoms with Crippen molar-refractivity contribution in [3.63, 3.8) is 0 Å². The summed E-state index contributed by atoms with van der Waals surface area (Å²) in [5.74, 6) is -0.542. The molecule has 3 rings (SSSR count). The van der Waals surface area contributed by atoms with Crippen molar-refractivity contribution in [3.05, 3.63) is 54.1 Å². The normalized spacial score (nSPS) is 16.1. The van der Waals surface area contributed by atoms with Crippen LogP contribution in [0.4, 0.5) is 5.69 Å². The van der Waals surface area contributed by atoms with Gasteiger partial charge in [0.1, 0.15) is 10.6 Å². The van der Waals surface area contributed by atoms with Gasteiger partial charge in [0.15, 0.2) is 0 Å². The van der Waals surface area contributed by atoms with Crippen LogP contribution >= 0.6 is 0 Å². The first-order valence-corrected chi connectivity index (χ1v) is 10.4. The van der Waals surface area contributed by atoms with Gasteiger partial charge in [-0.2, -0.15) is 0 Å². The Bertz CT molecular complexity index is 973. The van der Waals surface area contributed by atoms with Gasteiger partial charge in [0, 0.05) is 18.9 Å². The zero-order chi connectivity index (χ0) is 20.3. The molecule has 0 saturated carbocycles. The minimum atomic E-state index is -3.97. The Kier molecular flexibility index (Phi) is 5.81. The molecular weight excluding hydrogens is 380 g/mol. The van der Waals surface area contributed by atoms with Gasteiger partial charge in [-0.1, -0.05) is 30.3 Å². The summed E-state index contributed by atoms with van der Waals surface area (Å²) in [5.41, 5.74) is 1.03. The molecular formula is C20H22N2O5S. The number of carbonyl (C=O) groups is 2. The molecule has 2 aromatic rings. The average Bonchev–Trinajstić information content (AvgIpc) is 2.68. The Balaban J connectivity index is 1.97. The fourth-order valence-electron chi connectivity index (χ4n) is 3.16. The van der Waals surface area contributed by atoms with Gasteiger partial charge in [0.2, 0.25) is 21.8 Å². The Morgan fingerprint density at radius 3 is 2.29 bits per heavy atom. The highest BCUT2D eigenvalue weighted by Crippen LogP contribution is 2.31. The number of sulfonamides is 1. The van der Waals surface area contributed by atoms with E-state index in [0.717, 1.165) is 10.5 Å². The van der Waals surface area contributed by atoms with Crippen molar-refractivity contribution in [3.8, 4) is 5.75 Å². The number of carbonyl (C=O) groups excluding carboxylic acids is 2. The monoisotopic (exact) mass is 402 g/mol. The highest BCUT2D eigenvalue weighted by atomic mass is 32.2. The summed E-state index contributed by atoms with van der Waals surface area (Å²) in [6, 6.07) is 13.0. The van der Waals surface area contributed by atoms with E-state index in [1.54, 1.807) is 6.92 Å². The van der Waals surface area contributed by atoms with E-state index in [1.165, 1.54) is 25.3 Å². The first kappa shape index (κ1) is 20.0. The van der Waals surface area contributed by atoms with E-state index >= 15 is 0 Å². The highest BCUT2D eigenvalue weighted by molar-refractivity contribution is 7.89. The maximum Gasteiger partial charge on any atom is 0.244 e. The van der Waals surface area contributed by atoms with Crippen molar-refractivity contribution in [2.75, 3.05) is 12.0 Å². The van der Waals surface area contributed by atoms with Crippen LogP contribution in [0.25, 0.3) is 0 Å². The van der Waals surface area contributed by atoms with E-state index in [0.29, 0.717) is 6.42 Å². The molecule has 1 aliphatic rings. The summed E-state index contributed by atoms with van der Waals surface area (Å²) in [6.45, 7) is 1.74. The van der Waals surface area contributed by atoms with Gasteiger partial charge in [-0.15, -0.1) is 0 Å². The van der Waals surface area contributed by atoms with Crippen LogP contribution in [0.1, 0.15) is 37.8 Å². The molecule has 8 heteroatoms. The number of hydrogen-bond donors (Lipinski definition) is 1. The number of nitrogens with zero attached hydrogens (tertiary/aromatic N) is 1. The SMILES string of the molecule is COc1ccc(N2C(=O)CCCC2=O)cc1S(=O)(=O)NC(C)c1ccccc1. The van der Waals surface area contributed by atoms with Crippen molar-refractivity contribution < 1.29 is 22.7 Å². The molecule has 0 spiro atoms. The van der Waals surface area contributed by atoms with Gasteiger partial charge >= 0.3 is 0 Å². The lowest BCUT2D eigenvalue weighted by Gasteiger charge is -2.26. The molecule has 1 N–H and O–H groups in total. The molecule has 2 aromatic carbocycles. The van der Waals surface area contributed by atoms with Crippen molar-refractivity contribution >= 4 is 27.5 Å². The van der Waals surface area contributed by atoms with Gasteiger partial charge in [0.25, 0.3) is 0 Å². The number of methoxy groups -OCH3 is 1. The summed E-state index contributed by atoms with van der Waals surface area (Å²) in [5, 5.41) is 0. The number of benzene rings is 2. The molecule has 1 fully saturated rings. The molecule has 7 nitrogen and oxygen atoms in total. The molecule has 2 amide bonds. The fourth-order valence-corrected chi connectivity index (χ4v) is 4.58. The predicted molar refractivity (Wildman–Crippen MR) is 105 cm³/mol. The second-order valence-electron chi connectivity index (χ2n) is 6.57. The van der Waals surface area contributed by atoms with E-state index in [4.69, 9.17) is 4.74 Å². The van der Waals surface area contributed by atoms with Gasteiger partial charge in [-0.05, 0) is 37.1 Å². The molecule has 28 heavy (non-hydrogen) atoms. The number of ether oxygens (including phenoxy) is 1. The fraction of sp³-hybridized carbons (Fsp3) is 0.300. The summed E-state index contributed by atoms with van der Waals surface area (Å²) in [7, 11) is -2.60. The molecule has 0 bridgehead atoms. The van der Waals surface area contributed by atoms with Crippen LogP contribution in [0.3, 0.4) is 0 Å². The number of anilines is 1. The Morgan fingerprint density at radius 2 is 1.68 bits per heavy atom. The van der Waals surface area contributed by atoms with Crippen molar-refractivity contribution in [1.29, 1.82) is 0 Å². The van der Waals surface area contributed by atoms with Crippen LogP contribution < -0.4 is 14.4 Å². The smallest absolute Gasteiger partial charge is 0.244 e. The maximum atomic E-state index is 13.0. The quantitative estimate of drug-likeness (QED) is 0.750. The summed E-state index contributed by atoms with van der Waals surface area (Å²) < 4.78 is 33.9. The molecule has 1 aliphatic heterocycles. The topological polar surface area (TPSA) is 92.8 Å². The van der Waals surface area contributed by atoms with E-state index in [2.05, 4.69) is 4.72 Å². The molecule has 148 valence electrons. The number of rotatable bonds is 6. The Hall–Kier alpha value is -2.71. The number of nitrogens with one attached hydrogen (secondary N) is 1. The van der Waals surface area contributed by atoms with E-state index in [1.807, 2.05) is 30.3 Å². The lowest BCUT2D eigenvalue weighted by molar-refractivity contribution is -0.129. The van der Waals surface area contributed by atoms with E-state index in [9.17, 15) is 18.0 Å². The van der Waals surface area contributed by atoms with Crippen molar-refractivity contribution in [2.45, 2.75) is 37.1 Å². The lowest BCUT2D eigenvalue weighted by Crippen LogP contribution is -2.40. The minimum absolute atomic E-state index is 0.124. The van der Waals surface area contributed by atoms with Crippen LogP contribution in [0, 0.1) is 0 Å². The first-order chi connectivity index (χ1) is 13.3. The first-order valence-electron chi connectivity index (χ1n) is 8.94. The third kappa shape index (κ3) is 4.07. The lowest BCUT2D eigenvalue weighted by atomic mass is 10.1. The van der Waals surface area contributed by atoms with Gasteiger partial charge in [-0.25, -0.2) is 13.1 Å². The predicted octanol–water partition coefficient (Wildman–Crippen LogP) is 2.78. The number of piperidine rings is 1. The van der Waals surface area contributed by atoms with Crippen LogP contribution in [0.15, 0.2) is 53.4 Å². The number of hydrogen-bond acceptors (Lipinski definition) is 5. The van der Waals surface area contributed by atoms with Crippen LogP contribution in [-0.4, -0.2) is 27.3 Å². The average molecular weight is 402 g/mol. The maximum absolute atomic E-state index is 13.0. The molecule has 1 atom stereocenters. The highest BCUT2D eigenvalue weighted by Gasteiger charge is 2.30. The minimum Gasteiger partial charge on any atom is -0.495 e. The zero-order valence-electron chi connectivity index (χ0n) is 15.7. The molecule has 1 heterocycles. The largest absolute Gasteiger partial charge is 0.495 e. The molecule has 1 unspecified atom stereocenters. The Morgan fingerprint density at radius 1 is 1.04 bits per heavy atom. The molecule has 1 saturated heterocycles. The van der Waals surface area contributed by atoms with Crippen molar-refractivity contribution in [1.82, 2.24) is 4.72 Å². The van der Waals surface area contributed by atoms with Crippen LogP contribution in [0.5, 0.6) is 5.75 Å². The second kappa shape index (κ2) is 8.12. The molecule has 0 radical (unpaired) electrons. The standard InChI is InChI=1S/C20H22N2O5S/c1-14(15-7-4-3-5-8-15)21-28(25,26)18-13-16(11-12-17(18)27-2)22-19(23)9-6-10-20(22)24/h3-5,7-8,11-14,21H,6,9-10H2,1-2H3. The van der Waals surface area contributed by atoms with Crippen molar-refractivity contribution in [2.24, 2.45) is 0 Å². The van der Waals surface area contributed by atoms with Gasteiger partial charge in [-0.3, -0.25) is 14.5 Å². The third-order valence-corrected chi connectivity index (χ3v) is 6.17. The number of imide groups is 1. The number of amides is 2. The van der Waals surface area contributed by atoms with E-state index in [-0.39, 0.29) is 41.0 Å². The summed E-state index contributed by atoms with van der Waals surface area (Å²) in [4.78, 5) is 25.3. The van der Waals surface area contributed by atoms with Crippen LogP contribution in [-0.2, 0) is 19.6 Å². The summed E-state index contributed by atoms with van der Waals surface area (Å²) >= 11 is 0. The molecule has 0 aliphatic carbocycles. The third-order valence-electron chi connectivity index (χ3n) is 4.61. The second-order valence-corrected chi connectivity index (χ2v) is 8.25. The summed E-state index contributed by atoms with van der Waals surface area (Å²) in [6.07, 6.45) is 1.01. The molecule has 0 aromatic heterocycles. The Labute approximate surface area is 164 Å².